The first kappa shape index (κ1) is 14.3. The van der Waals surface area contributed by atoms with Gasteiger partial charge in [-0.2, -0.15) is 0 Å². The molecule has 2 rings (SSSR count). The van der Waals surface area contributed by atoms with E-state index in [0.717, 1.165) is 12.2 Å². The third-order valence-corrected chi connectivity index (χ3v) is 3.17. The summed E-state index contributed by atoms with van der Waals surface area (Å²) in [6.07, 6.45) is 0. The molecule has 0 radical (unpaired) electrons. The van der Waals surface area contributed by atoms with Crippen LogP contribution >= 0.6 is 0 Å². The van der Waals surface area contributed by atoms with E-state index in [-0.39, 0.29) is 5.91 Å². The highest BCUT2D eigenvalue weighted by Crippen LogP contribution is 2.10. The number of nitrogens with zero attached hydrogens (tertiary/aromatic N) is 1. The third-order valence-electron chi connectivity index (χ3n) is 3.17. The summed E-state index contributed by atoms with van der Waals surface area (Å²) >= 11 is 0. The lowest BCUT2D eigenvalue weighted by molar-refractivity contribution is -0.117. The van der Waals surface area contributed by atoms with E-state index < -0.39 is 0 Å². The second-order valence-corrected chi connectivity index (χ2v) is 5.01. The van der Waals surface area contributed by atoms with E-state index in [4.69, 9.17) is 0 Å². The number of para-hydroxylation sites is 1. The summed E-state index contributed by atoms with van der Waals surface area (Å²) in [5.41, 5.74) is 3.34. The van der Waals surface area contributed by atoms with E-state index in [0.29, 0.717) is 6.54 Å². The van der Waals surface area contributed by atoms with Crippen LogP contribution in [0.4, 0.5) is 5.69 Å². The molecule has 0 bridgehead atoms. The van der Waals surface area contributed by atoms with E-state index in [1.54, 1.807) is 0 Å². The molecule has 0 spiro atoms. The number of nitrogens with one attached hydrogen (secondary N) is 1. The molecule has 0 aliphatic rings. The van der Waals surface area contributed by atoms with Crippen LogP contribution in [0.15, 0.2) is 54.6 Å². The van der Waals surface area contributed by atoms with Gasteiger partial charge < -0.3 is 5.32 Å². The molecule has 3 heteroatoms. The van der Waals surface area contributed by atoms with Crippen molar-refractivity contribution in [2.45, 2.75) is 13.5 Å². The maximum Gasteiger partial charge on any atom is 0.238 e. The maximum atomic E-state index is 11.9. The molecule has 0 heterocycles. The number of carbonyl (C=O) groups is 1. The molecule has 0 aliphatic carbocycles. The summed E-state index contributed by atoms with van der Waals surface area (Å²) < 4.78 is 0. The molecule has 0 fully saturated rings. The number of aryl methyl sites for hydroxylation is 1. The fourth-order valence-corrected chi connectivity index (χ4v) is 2.10. The lowest BCUT2D eigenvalue weighted by Crippen LogP contribution is -2.30. The van der Waals surface area contributed by atoms with Crippen LogP contribution in [0, 0.1) is 6.92 Å². The first-order chi connectivity index (χ1) is 9.65. The minimum absolute atomic E-state index is 0.00674. The number of rotatable bonds is 5. The van der Waals surface area contributed by atoms with Crippen molar-refractivity contribution >= 4 is 11.6 Å². The molecule has 0 saturated carbocycles. The van der Waals surface area contributed by atoms with Crippen LogP contribution in [0.2, 0.25) is 0 Å². The fraction of sp³-hybridized carbons (Fsp3) is 0.235. The number of likely N-dealkylation sites (N-methyl/N-ethyl adjacent to an activating group) is 1. The lowest BCUT2D eigenvalue weighted by atomic mass is 10.1. The Labute approximate surface area is 120 Å². The summed E-state index contributed by atoms with van der Waals surface area (Å²) in [6, 6.07) is 17.8. The Hall–Kier alpha value is -2.13. The Bertz CT molecular complexity index is 566. The number of anilines is 1. The summed E-state index contributed by atoms with van der Waals surface area (Å²) in [5.74, 6) is 0.00674. The topological polar surface area (TPSA) is 32.3 Å². The van der Waals surface area contributed by atoms with Crippen LogP contribution < -0.4 is 5.32 Å². The van der Waals surface area contributed by atoms with Gasteiger partial charge in [0, 0.05) is 12.2 Å². The average Bonchev–Trinajstić information content (AvgIpc) is 2.42. The molecule has 104 valence electrons. The smallest absolute Gasteiger partial charge is 0.238 e. The van der Waals surface area contributed by atoms with Crippen LogP contribution in [-0.2, 0) is 11.3 Å². The van der Waals surface area contributed by atoms with Crippen LogP contribution in [-0.4, -0.2) is 24.4 Å². The second kappa shape index (κ2) is 6.87. The zero-order chi connectivity index (χ0) is 14.4. The highest BCUT2D eigenvalue weighted by atomic mass is 16.2. The predicted octanol–water partition coefficient (Wildman–Crippen LogP) is 3.07. The standard InChI is InChI=1S/C17H20N2O/c1-14-8-6-7-9-15(14)12-19(2)13-17(20)18-16-10-4-3-5-11-16/h3-11H,12-13H2,1-2H3,(H,18,20). The van der Waals surface area contributed by atoms with Crippen molar-refractivity contribution in [3.63, 3.8) is 0 Å². The zero-order valence-corrected chi connectivity index (χ0v) is 12.0. The summed E-state index contributed by atoms with van der Waals surface area (Å²) in [4.78, 5) is 14.0. The highest BCUT2D eigenvalue weighted by molar-refractivity contribution is 5.92. The van der Waals surface area contributed by atoms with E-state index in [1.165, 1.54) is 11.1 Å². The maximum absolute atomic E-state index is 11.9. The fourth-order valence-electron chi connectivity index (χ4n) is 2.10. The molecule has 2 aromatic carbocycles. The van der Waals surface area contributed by atoms with E-state index in [2.05, 4.69) is 24.4 Å². The Morgan fingerprint density at radius 3 is 2.40 bits per heavy atom. The molecule has 20 heavy (non-hydrogen) atoms. The number of carbonyl (C=O) groups excluding carboxylic acids is 1. The van der Waals surface area contributed by atoms with Crippen molar-refractivity contribution < 1.29 is 4.79 Å². The van der Waals surface area contributed by atoms with Crippen molar-refractivity contribution in [1.82, 2.24) is 4.90 Å². The average molecular weight is 268 g/mol. The minimum Gasteiger partial charge on any atom is -0.325 e. The van der Waals surface area contributed by atoms with Gasteiger partial charge >= 0.3 is 0 Å². The van der Waals surface area contributed by atoms with Crippen molar-refractivity contribution in [3.05, 3.63) is 65.7 Å². The first-order valence-electron chi connectivity index (χ1n) is 6.73. The molecule has 0 atom stereocenters. The quantitative estimate of drug-likeness (QED) is 0.904. The number of hydrogen-bond donors (Lipinski definition) is 1. The normalized spacial score (nSPS) is 10.6. The molecular weight excluding hydrogens is 248 g/mol. The zero-order valence-electron chi connectivity index (χ0n) is 12.0. The molecule has 0 aliphatic heterocycles. The van der Waals surface area contributed by atoms with Crippen LogP contribution in [0.1, 0.15) is 11.1 Å². The molecule has 0 saturated heterocycles. The van der Waals surface area contributed by atoms with Gasteiger partial charge in [-0.05, 0) is 37.2 Å². The monoisotopic (exact) mass is 268 g/mol. The van der Waals surface area contributed by atoms with Crippen LogP contribution in [0.5, 0.6) is 0 Å². The van der Waals surface area contributed by atoms with Gasteiger partial charge in [0.15, 0.2) is 0 Å². The Kier molecular flexibility index (Phi) is 4.91. The molecule has 3 nitrogen and oxygen atoms in total. The Balaban J connectivity index is 1.87. The molecule has 1 N–H and O–H groups in total. The minimum atomic E-state index is 0.00674. The van der Waals surface area contributed by atoms with Gasteiger partial charge in [0.25, 0.3) is 0 Å². The highest BCUT2D eigenvalue weighted by Gasteiger charge is 2.08. The molecule has 1 amide bonds. The third kappa shape index (κ3) is 4.21. The number of benzene rings is 2. The summed E-state index contributed by atoms with van der Waals surface area (Å²) in [6.45, 7) is 3.24. The van der Waals surface area contributed by atoms with Crippen molar-refractivity contribution in [2.75, 3.05) is 18.9 Å². The van der Waals surface area contributed by atoms with Crippen molar-refractivity contribution in [3.8, 4) is 0 Å². The van der Waals surface area contributed by atoms with E-state index >= 15 is 0 Å². The van der Waals surface area contributed by atoms with E-state index in [9.17, 15) is 4.79 Å². The van der Waals surface area contributed by atoms with Gasteiger partial charge in [0.2, 0.25) is 5.91 Å². The van der Waals surface area contributed by atoms with Gasteiger partial charge in [0.1, 0.15) is 0 Å². The first-order valence-corrected chi connectivity index (χ1v) is 6.73. The van der Waals surface area contributed by atoms with E-state index in [1.807, 2.05) is 54.4 Å². The summed E-state index contributed by atoms with van der Waals surface area (Å²) in [5, 5.41) is 2.89. The molecule has 0 unspecified atom stereocenters. The predicted molar refractivity (Wildman–Crippen MR) is 82.6 cm³/mol. The SMILES string of the molecule is Cc1ccccc1CN(C)CC(=O)Nc1ccccc1. The molecule has 2 aromatic rings. The lowest BCUT2D eigenvalue weighted by Gasteiger charge is -2.17. The van der Waals surface area contributed by atoms with Crippen molar-refractivity contribution in [1.29, 1.82) is 0 Å². The Morgan fingerprint density at radius 1 is 1.05 bits per heavy atom. The van der Waals surface area contributed by atoms with Gasteiger partial charge in [-0.3, -0.25) is 9.69 Å². The van der Waals surface area contributed by atoms with Crippen LogP contribution in [0.3, 0.4) is 0 Å². The van der Waals surface area contributed by atoms with Gasteiger partial charge in [-0.1, -0.05) is 42.5 Å². The van der Waals surface area contributed by atoms with Gasteiger partial charge in [-0.15, -0.1) is 0 Å². The van der Waals surface area contributed by atoms with Crippen LogP contribution in [0.25, 0.3) is 0 Å². The molecule has 0 aromatic heterocycles. The summed E-state index contributed by atoms with van der Waals surface area (Å²) in [7, 11) is 1.96. The second-order valence-electron chi connectivity index (χ2n) is 5.01. The largest absolute Gasteiger partial charge is 0.325 e. The van der Waals surface area contributed by atoms with Crippen molar-refractivity contribution in [2.24, 2.45) is 0 Å². The number of amides is 1. The Morgan fingerprint density at radius 2 is 1.70 bits per heavy atom. The van der Waals surface area contributed by atoms with Gasteiger partial charge in [-0.25, -0.2) is 0 Å². The van der Waals surface area contributed by atoms with Gasteiger partial charge in [0.05, 0.1) is 6.54 Å². The number of hydrogen-bond acceptors (Lipinski definition) is 2. The molecular formula is C17H20N2O.